The molecule has 0 saturated heterocycles. The highest BCUT2D eigenvalue weighted by molar-refractivity contribution is 9.10. The SMILES string of the molecule is Cc1ccc(OCC(O)CNCCC2CC2)c(Br)c1. The fourth-order valence-electron chi connectivity index (χ4n) is 1.95. The van der Waals surface area contributed by atoms with Gasteiger partial charge in [0.05, 0.1) is 4.47 Å². The molecule has 0 spiro atoms. The highest BCUT2D eigenvalue weighted by Crippen LogP contribution is 2.31. The monoisotopic (exact) mass is 327 g/mol. The molecule has 106 valence electrons. The minimum Gasteiger partial charge on any atom is -0.490 e. The number of halogens is 1. The van der Waals surface area contributed by atoms with Crippen LogP contribution in [-0.2, 0) is 0 Å². The molecule has 0 aromatic heterocycles. The molecular weight excluding hydrogens is 306 g/mol. The van der Waals surface area contributed by atoms with Crippen LogP contribution in [0.25, 0.3) is 0 Å². The van der Waals surface area contributed by atoms with Gasteiger partial charge in [-0.15, -0.1) is 0 Å². The molecule has 1 fully saturated rings. The summed E-state index contributed by atoms with van der Waals surface area (Å²) in [4.78, 5) is 0. The summed E-state index contributed by atoms with van der Waals surface area (Å²) in [5.74, 6) is 1.71. The lowest BCUT2D eigenvalue weighted by Crippen LogP contribution is -2.32. The Bertz CT molecular complexity index is 407. The van der Waals surface area contributed by atoms with Crippen molar-refractivity contribution in [2.45, 2.75) is 32.3 Å². The number of rotatable bonds is 8. The Morgan fingerprint density at radius 1 is 1.47 bits per heavy atom. The van der Waals surface area contributed by atoms with Crippen molar-refractivity contribution < 1.29 is 9.84 Å². The van der Waals surface area contributed by atoms with Crippen molar-refractivity contribution in [2.75, 3.05) is 19.7 Å². The summed E-state index contributed by atoms with van der Waals surface area (Å²) in [6.45, 7) is 3.94. The van der Waals surface area contributed by atoms with Crippen LogP contribution in [0.3, 0.4) is 0 Å². The molecule has 3 nitrogen and oxygen atoms in total. The Morgan fingerprint density at radius 3 is 2.95 bits per heavy atom. The Balaban J connectivity index is 1.62. The van der Waals surface area contributed by atoms with Gasteiger partial charge in [-0.25, -0.2) is 0 Å². The van der Waals surface area contributed by atoms with Crippen LogP contribution in [0.4, 0.5) is 0 Å². The van der Waals surface area contributed by atoms with E-state index in [4.69, 9.17) is 4.74 Å². The largest absolute Gasteiger partial charge is 0.490 e. The molecule has 19 heavy (non-hydrogen) atoms. The van der Waals surface area contributed by atoms with Crippen molar-refractivity contribution in [3.63, 3.8) is 0 Å². The Morgan fingerprint density at radius 2 is 2.26 bits per heavy atom. The Hall–Kier alpha value is -0.580. The molecule has 4 heteroatoms. The number of nitrogens with one attached hydrogen (secondary N) is 1. The normalized spacial score (nSPS) is 16.4. The van der Waals surface area contributed by atoms with Crippen LogP contribution in [0.2, 0.25) is 0 Å². The number of hydrogen-bond acceptors (Lipinski definition) is 3. The van der Waals surface area contributed by atoms with Gasteiger partial charge in [0, 0.05) is 6.54 Å². The summed E-state index contributed by atoms with van der Waals surface area (Å²) < 4.78 is 6.54. The predicted octanol–water partition coefficient (Wildman–Crippen LogP) is 2.89. The quantitative estimate of drug-likeness (QED) is 0.721. The van der Waals surface area contributed by atoms with Crippen molar-refractivity contribution in [3.8, 4) is 5.75 Å². The van der Waals surface area contributed by atoms with E-state index in [1.165, 1.54) is 24.8 Å². The van der Waals surface area contributed by atoms with Crippen LogP contribution in [0.5, 0.6) is 5.75 Å². The molecular formula is C15H22BrNO2. The number of aliphatic hydroxyl groups is 1. The Kier molecular flexibility index (Phi) is 5.67. The topological polar surface area (TPSA) is 41.5 Å². The second-order valence-electron chi connectivity index (χ2n) is 5.33. The molecule has 0 heterocycles. The number of benzene rings is 1. The van der Waals surface area contributed by atoms with E-state index in [9.17, 15) is 5.11 Å². The molecule has 0 amide bonds. The van der Waals surface area contributed by atoms with Crippen LogP contribution in [-0.4, -0.2) is 30.9 Å². The van der Waals surface area contributed by atoms with Gasteiger partial charge in [-0.05, 0) is 59.4 Å². The van der Waals surface area contributed by atoms with E-state index in [-0.39, 0.29) is 0 Å². The average molecular weight is 328 g/mol. The van der Waals surface area contributed by atoms with Gasteiger partial charge in [0.25, 0.3) is 0 Å². The fraction of sp³-hybridized carbons (Fsp3) is 0.600. The lowest BCUT2D eigenvalue weighted by Gasteiger charge is -2.14. The summed E-state index contributed by atoms with van der Waals surface area (Å²) >= 11 is 3.46. The van der Waals surface area contributed by atoms with E-state index >= 15 is 0 Å². The zero-order valence-corrected chi connectivity index (χ0v) is 12.9. The second kappa shape index (κ2) is 7.27. The number of hydrogen-bond donors (Lipinski definition) is 2. The zero-order chi connectivity index (χ0) is 13.7. The molecule has 0 bridgehead atoms. The molecule has 1 aromatic rings. The van der Waals surface area contributed by atoms with E-state index in [1.54, 1.807) is 0 Å². The second-order valence-corrected chi connectivity index (χ2v) is 6.19. The number of aliphatic hydroxyl groups excluding tert-OH is 1. The third-order valence-corrected chi connectivity index (χ3v) is 3.94. The first-order valence-corrected chi connectivity index (χ1v) is 7.72. The summed E-state index contributed by atoms with van der Waals surface area (Å²) in [7, 11) is 0. The van der Waals surface area contributed by atoms with Crippen molar-refractivity contribution >= 4 is 15.9 Å². The summed E-state index contributed by atoms with van der Waals surface area (Å²) in [5, 5.41) is 13.1. The molecule has 1 saturated carbocycles. The van der Waals surface area contributed by atoms with Crippen LogP contribution in [0.1, 0.15) is 24.8 Å². The number of aryl methyl sites for hydroxylation is 1. The van der Waals surface area contributed by atoms with E-state index in [2.05, 4.69) is 21.2 Å². The van der Waals surface area contributed by atoms with Gasteiger partial charge in [-0.3, -0.25) is 0 Å². The number of ether oxygens (including phenoxy) is 1. The van der Waals surface area contributed by atoms with Crippen LogP contribution in [0.15, 0.2) is 22.7 Å². The summed E-state index contributed by atoms with van der Waals surface area (Å²) in [6.07, 6.45) is 3.54. The van der Waals surface area contributed by atoms with Gasteiger partial charge in [0.1, 0.15) is 18.5 Å². The first-order chi connectivity index (χ1) is 9.15. The molecule has 1 aliphatic rings. The van der Waals surface area contributed by atoms with Gasteiger partial charge in [0.2, 0.25) is 0 Å². The maximum atomic E-state index is 9.83. The lowest BCUT2D eigenvalue weighted by atomic mass is 10.2. The van der Waals surface area contributed by atoms with Crippen molar-refractivity contribution in [1.29, 1.82) is 0 Å². The zero-order valence-electron chi connectivity index (χ0n) is 11.4. The molecule has 2 N–H and O–H groups in total. The first-order valence-electron chi connectivity index (χ1n) is 6.93. The minimum atomic E-state index is -0.465. The van der Waals surface area contributed by atoms with Crippen molar-refractivity contribution in [3.05, 3.63) is 28.2 Å². The van der Waals surface area contributed by atoms with Gasteiger partial charge in [-0.2, -0.15) is 0 Å². The maximum absolute atomic E-state index is 9.83. The first kappa shape index (κ1) is 14.8. The van der Waals surface area contributed by atoms with Gasteiger partial charge >= 0.3 is 0 Å². The third kappa shape index (κ3) is 5.51. The van der Waals surface area contributed by atoms with Crippen LogP contribution >= 0.6 is 15.9 Å². The molecule has 2 rings (SSSR count). The summed E-state index contributed by atoms with van der Waals surface area (Å²) in [6, 6.07) is 5.93. The van der Waals surface area contributed by atoms with E-state index in [0.29, 0.717) is 13.2 Å². The highest BCUT2D eigenvalue weighted by atomic mass is 79.9. The van der Waals surface area contributed by atoms with Gasteiger partial charge in [-0.1, -0.05) is 18.9 Å². The van der Waals surface area contributed by atoms with E-state index in [0.717, 1.165) is 22.7 Å². The lowest BCUT2D eigenvalue weighted by molar-refractivity contribution is 0.106. The van der Waals surface area contributed by atoms with Crippen LogP contribution < -0.4 is 10.1 Å². The van der Waals surface area contributed by atoms with Gasteiger partial charge in [0.15, 0.2) is 0 Å². The fourth-order valence-corrected chi connectivity index (χ4v) is 2.56. The average Bonchev–Trinajstić information content (AvgIpc) is 3.17. The molecule has 1 atom stereocenters. The predicted molar refractivity (Wildman–Crippen MR) is 80.6 cm³/mol. The maximum Gasteiger partial charge on any atom is 0.133 e. The summed E-state index contributed by atoms with van der Waals surface area (Å²) in [5.41, 5.74) is 1.18. The minimum absolute atomic E-state index is 0.318. The van der Waals surface area contributed by atoms with Gasteiger partial charge < -0.3 is 15.2 Å². The van der Waals surface area contributed by atoms with Crippen LogP contribution in [0, 0.1) is 12.8 Å². The third-order valence-electron chi connectivity index (χ3n) is 3.32. The molecule has 0 radical (unpaired) electrons. The van der Waals surface area contributed by atoms with Crippen molar-refractivity contribution in [2.24, 2.45) is 5.92 Å². The van der Waals surface area contributed by atoms with Crippen molar-refractivity contribution in [1.82, 2.24) is 5.32 Å². The van der Waals surface area contributed by atoms with E-state index in [1.807, 2.05) is 25.1 Å². The smallest absolute Gasteiger partial charge is 0.133 e. The molecule has 1 aliphatic carbocycles. The standard InChI is InChI=1S/C15H22BrNO2/c1-11-2-5-15(14(16)8-11)19-10-13(18)9-17-7-6-12-3-4-12/h2,5,8,12-13,17-18H,3-4,6-7,9-10H2,1H3. The molecule has 1 aromatic carbocycles. The van der Waals surface area contributed by atoms with E-state index < -0.39 is 6.10 Å². The molecule has 0 aliphatic heterocycles. The Labute approximate surface area is 123 Å². The molecule has 1 unspecified atom stereocenters. The highest BCUT2D eigenvalue weighted by Gasteiger charge is 2.20.